The molecular formula is C34H40. The van der Waals surface area contributed by atoms with Crippen molar-refractivity contribution in [1.82, 2.24) is 0 Å². The third-order valence-electron chi connectivity index (χ3n) is 6.79. The van der Waals surface area contributed by atoms with Crippen molar-refractivity contribution in [2.75, 3.05) is 0 Å². The molecule has 0 fully saturated rings. The first-order valence-corrected chi connectivity index (χ1v) is 12.8. The van der Waals surface area contributed by atoms with Crippen molar-refractivity contribution in [3.63, 3.8) is 0 Å². The minimum absolute atomic E-state index is 0.384. The maximum atomic E-state index is 2.47. The fourth-order valence-corrected chi connectivity index (χ4v) is 5.24. The van der Waals surface area contributed by atoms with Gasteiger partial charge in [-0.25, -0.2) is 0 Å². The monoisotopic (exact) mass is 448 g/mol. The summed E-state index contributed by atoms with van der Waals surface area (Å²) in [6.07, 6.45) is 0. The van der Waals surface area contributed by atoms with Crippen molar-refractivity contribution in [2.45, 2.75) is 65.7 Å². The molecule has 0 heteroatoms. The maximum Gasteiger partial charge on any atom is 0.0701 e. The number of rotatable bonds is 6. The van der Waals surface area contributed by atoms with E-state index in [4.69, 9.17) is 0 Å². The Balaban J connectivity index is 0.00000158. The Bertz CT molecular complexity index is 1030. The molecule has 4 aromatic rings. The van der Waals surface area contributed by atoms with Gasteiger partial charge in [-0.2, -0.15) is 0 Å². The summed E-state index contributed by atoms with van der Waals surface area (Å²) in [5, 5.41) is 0. The van der Waals surface area contributed by atoms with Crippen molar-refractivity contribution in [3.8, 4) is 0 Å². The number of hydrogen-bond donors (Lipinski definition) is 0. The average Bonchev–Trinajstić information content (AvgIpc) is 2.88. The summed E-state index contributed by atoms with van der Waals surface area (Å²) in [7, 11) is 0. The van der Waals surface area contributed by atoms with E-state index in [9.17, 15) is 0 Å². The topological polar surface area (TPSA) is 0 Å². The second-order valence-electron chi connectivity index (χ2n) is 9.44. The first-order chi connectivity index (χ1) is 16.5. The highest BCUT2D eigenvalue weighted by atomic mass is 14.4. The van der Waals surface area contributed by atoms with E-state index in [1.807, 2.05) is 13.8 Å². The molecule has 0 nitrogen and oxygen atoms in total. The van der Waals surface area contributed by atoms with Crippen LogP contribution in [0.25, 0.3) is 0 Å². The molecule has 0 heterocycles. The number of hydrogen-bond acceptors (Lipinski definition) is 0. The van der Waals surface area contributed by atoms with E-state index >= 15 is 0 Å². The average molecular weight is 449 g/mol. The minimum Gasteiger partial charge on any atom is -0.0683 e. The predicted molar refractivity (Wildman–Crippen MR) is 149 cm³/mol. The lowest BCUT2D eigenvalue weighted by Gasteiger charge is -2.38. The van der Waals surface area contributed by atoms with Crippen molar-refractivity contribution < 1.29 is 0 Å². The normalized spacial score (nSPS) is 11.3. The van der Waals surface area contributed by atoms with Gasteiger partial charge in [-0.1, -0.05) is 145 Å². The third kappa shape index (κ3) is 4.73. The molecule has 0 N–H and O–H groups in total. The number of benzene rings is 4. The third-order valence-corrected chi connectivity index (χ3v) is 6.79. The van der Waals surface area contributed by atoms with Crippen LogP contribution in [0.1, 0.15) is 92.3 Å². The molecule has 0 atom stereocenters. The van der Waals surface area contributed by atoms with Gasteiger partial charge < -0.3 is 0 Å². The van der Waals surface area contributed by atoms with Crippen LogP contribution in [-0.4, -0.2) is 0 Å². The molecule has 0 bridgehead atoms. The molecule has 0 aliphatic heterocycles. The van der Waals surface area contributed by atoms with Crippen molar-refractivity contribution >= 4 is 0 Å². The lowest BCUT2D eigenvalue weighted by atomic mass is 9.64. The van der Waals surface area contributed by atoms with Crippen LogP contribution in [0.3, 0.4) is 0 Å². The van der Waals surface area contributed by atoms with Crippen molar-refractivity contribution in [2.24, 2.45) is 0 Å². The summed E-state index contributed by atoms with van der Waals surface area (Å²) < 4.78 is 0. The second-order valence-corrected chi connectivity index (χ2v) is 9.44. The molecule has 0 aromatic heterocycles. The van der Waals surface area contributed by atoms with E-state index in [0.29, 0.717) is 11.8 Å². The molecule has 176 valence electrons. The van der Waals surface area contributed by atoms with Gasteiger partial charge in [0.05, 0.1) is 5.41 Å². The Hall–Kier alpha value is -3.12. The second kappa shape index (κ2) is 11.3. The highest BCUT2D eigenvalue weighted by molar-refractivity contribution is 5.61. The molecule has 34 heavy (non-hydrogen) atoms. The fraction of sp³-hybridized carbons (Fsp3) is 0.294. The van der Waals surface area contributed by atoms with Gasteiger partial charge in [0.1, 0.15) is 0 Å². The Kier molecular flexibility index (Phi) is 8.51. The maximum absolute atomic E-state index is 2.47. The van der Waals surface area contributed by atoms with Gasteiger partial charge in [0.2, 0.25) is 0 Å². The summed E-state index contributed by atoms with van der Waals surface area (Å²) >= 11 is 0. The highest BCUT2D eigenvalue weighted by Gasteiger charge is 2.39. The Morgan fingerprint density at radius 1 is 0.471 bits per heavy atom. The minimum atomic E-state index is -0.384. The molecule has 0 radical (unpaired) electrons. The summed E-state index contributed by atoms with van der Waals surface area (Å²) in [5.41, 5.74) is 9.17. The van der Waals surface area contributed by atoms with Crippen molar-refractivity contribution in [1.29, 1.82) is 0 Å². The lowest BCUT2D eigenvalue weighted by Crippen LogP contribution is -2.31. The van der Waals surface area contributed by atoms with Gasteiger partial charge in [-0.15, -0.1) is 0 Å². The largest absolute Gasteiger partial charge is 0.0701 e. The van der Waals surface area contributed by atoms with Crippen LogP contribution in [-0.2, 0) is 5.41 Å². The van der Waals surface area contributed by atoms with E-state index in [1.165, 1.54) is 38.9 Å². The van der Waals surface area contributed by atoms with Crippen LogP contribution in [0.4, 0.5) is 0 Å². The molecule has 0 saturated carbocycles. The summed E-state index contributed by atoms with van der Waals surface area (Å²) in [4.78, 5) is 0. The van der Waals surface area contributed by atoms with Crippen LogP contribution in [0.2, 0.25) is 0 Å². The Morgan fingerprint density at radius 2 is 0.765 bits per heavy atom. The van der Waals surface area contributed by atoms with Crippen LogP contribution >= 0.6 is 0 Å². The van der Waals surface area contributed by atoms with Gasteiger partial charge in [-0.3, -0.25) is 0 Å². The van der Waals surface area contributed by atoms with Crippen molar-refractivity contribution in [3.05, 3.63) is 142 Å². The molecule has 0 saturated heterocycles. The van der Waals surface area contributed by atoms with E-state index in [2.05, 4.69) is 138 Å². The molecule has 0 unspecified atom stereocenters. The van der Waals surface area contributed by atoms with Gasteiger partial charge in [-0.05, 0) is 57.7 Å². The molecule has 0 spiro atoms. The van der Waals surface area contributed by atoms with Gasteiger partial charge >= 0.3 is 0 Å². The molecular weight excluding hydrogens is 408 g/mol. The van der Waals surface area contributed by atoms with Gasteiger partial charge in [0.15, 0.2) is 0 Å². The highest BCUT2D eigenvalue weighted by Crippen LogP contribution is 2.47. The zero-order valence-corrected chi connectivity index (χ0v) is 22.0. The SMILES string of the molecule is CC.Cc1c(C(C)C)cc(C(c2ccccc2)(c2ccccc2)c2ccccc2)cc1C(C)C. The molecule has 4 aromatic carbocycles. The molecule has 0 amide bonds. The quantitative estimate of drug-likeness (QED) is 0.257. The lowest BCUT2D eigenvalue weighted by molar-refractivity contribution is 0.728. The first-order valence-electron chi connectivity index (χ1n) is 12.8. The zero-order valence-electron chi connectivity index (χ0n) is 22.0. The molecule has 0 aliphatic rings. The molecule has 0 aliphatic carbocycles. The van der Waals surface area contributed by atoms with Crippen LogP contribution in [0.15, 0.2) is 103 Å². The van der Waals surface area contributed by atoms with E-state index < -0.39 is 0 Å². The summed E-state index contributed by atoms with van der Waals surface area (Å²) in [6.45, 7) is 15.5. The fourth-order valence-electron chi connectivity index (χ4n) is 5.24. The summed E-state index contributed by atoms with van der Waals surface area (Å²) in [6, 6.07) is 37.9. The van der Waals surface area contributed by atoms with Crippen LogP contribution in [0.5, 0.6) is 0 Å². The van der Waals surface area contributed by atoms with Gasteiger partial charge in [0, 0.05) is 0 Å². The van der Waals surface area contributed by atoms with Crippen LogP contribution in [0, 0.1) is 6.92 Å². The van der Waals surface area contributed by atoms with E-state index in [1.54, 1.807) is 0 Å². The van der Waals surface area contributed by atoms with Gasteiger partial charge in [0.25, 0.3) is 0 Å². The standard InChI is InChI=1S/C32H34.C2H6/c1-23(2)30-21-29(22-31(24(3)4)25(30)5)32(26-15-9-6-10-16-26,27-17-11-7-12-18-27)28-19-13-8-14-20-28;1-2/h6-24H,1-5H3;1-2H3. The van der Waals surface area contributed by atoms with E-state index in [-0.39, 0.29) is 5.41 Å². The smallest absolute Gasteiger partial charge is 0.0683 e. The Morgan fingerprint density at radius 3 is 1.03 bits per heavy atom. The summed E-state index contributed by atoms with van der Waals surface area (Å²) in [5.74, 6) is 0.931. The predicted octanol–water partition coefficient (Wildman–Crippen LogP) is 9.65. The van der Waals surface area contributed by atoms with E-state index in [0.717, 1.165) is 0 Å². The first kappa shape index (κ1) is 25.5. The molecule has 4 rings (SSSR count). The Labute approximate surface area is 207 Å². The van der Waals surface area contributed by atoms with Crippen LogP contribution < -0.4 is 0 Å². The zero-order chi connectivity index (χ0) is 24.7.